The Kier molecular flexibility index (Phi) is 2.69. The first-order valence-electron chi connectivity index (χ1n) is 6.23. The largest absolute Gasteiger partial charge is 0.324 e. The van der Waals surface area contributed by atoms with Gasteiger partial charge in [0.1, 0.15) is 0 Å². The van der Waals surface area contributed by atoms with E-state index in [2.05, 4.69) is 54.6 Å². The fourth-order valence-electron chi connectivity index (χ4n) is 2.84. The lowest BCUT2D eigenvalue weighted by molar-refractivity contribution is 0.503. The van der Waals surface area contributed by atoms with E-state index in [0.29, 0.717) is 5.92 Å². The molecule has 1 aliphatic carbocycles. The molecule has 0 saturated heterocycles. The highest BCUT2D eigenvalue weighted by Crippen LogP contribution is 2.36. The molecule has 0 amide bonds. The molecular weight excluding hydrogens is 206 g/mol. The van der Waals surface area contributed by atoms with Gasteiger partial charge in [0, 0.05) is 6.04 Å². The number of hydrogen-bond donors (Lipinski definition) is 1. The maximum Gasteiger partial charge on any atom is 0.0303 e. The van der Waals surface area contributed by atoms with E-state index in [9.17, 15) is 0 Å². The lowest BCUT2D eigenvalue weighted by Gasteiger charge is -2.29. The highest BCUT2D eigenvalue weighted by Gasteiger charge is 2.24. The summed E-state index contributed by atoms with van der Waals surface area (Å²) in [6.07, 6.45) is 2.18. The zero-order valence-corrected chi connectivity index (χ0v) is 9.84. The molecule has 0 bridgehead atoms. The molecule has 3 rings (SSSR count). The van der Waals surface area contributed by atoms with E-state index in [0.717, 1.165) is 12.8 Å². The summed E-state index contributed by atoms with van der Waals surface area (Å²) in [5, 5.41) is 0. The quantitative estimate of drug-likeness (QED) is 0.787. The SMILES string of the molecule is N[C@H]1C[C@H](c2ccccc2)Cc2ccccc21. The van der Waals surface area contributed by atoms with Crippen molar-refractivity contribution in [2.75, 3.05) is 0 Å². The molecule has 1 aliphatic rings. The second kappa shape index (κ2) is 4.34. The van der Waals surface area contributed by atoms with Gasteiger partial charge >= 0.3 is 0 Å². The monoisotopic (exact) mass is 223 g/mol. The van der Waals surface area contributed by atoms with Crippen LogP contribution in [0.25, 0.3) is 0 Å². The molecule has 1 nitrogen and oxygen atoms in total. The van der Waals surface area contributed by atoms with E-state index >= 15 is 0 Å². The predicted octanol–water partition coefficient (Wildman–Crippen LogP) is 3.42. The van der Waals surface area contributed by atoms with Gasteiger partial charge in [0.25, 0.3) is 0 Å². The van der Waals surface area contributed by atoms with Gasteiger partial charge in [0.2, 0.25) is 0 Å². The third-order valence-corrected chi connectivity index (χ3v) is 3.73. The zero-order chi connectivity index (χ0) is 11.7. The Balaban J connectivity index is 1.94. The Bertz CT molecular complexity index is 504. The van der Waals surface area contributed by atoms with Gasteiger partial charge in [0.15, 0.2) is 0 Å². The Morgan fingerprint density at radius 2 is 1.59 bits per heavy atom. The van der Waals surface area contributed by atoms with Crippen molar-refractivity contribution < 1.29 is 0 Å². The van der Waals surface area contributed by atoms with Gasteiger partial charge in [-0.15, -0.1) is 0 Å². The summed E-state index contributed by atoms with van der Waals surface area (Å²) in [6, 6.07) is 19.5. The van der Waals surface area contributed by atoms with Crippen molar-refractivity contribution in [3.63, 3.8) is 0 Å². The molecule has 2 aromatic carbocycles. The smallest absolute Gasteiger partial charge is 0.0303 e. The van der Waals surface area contributed by atoms with Crippen LogP contribution in [0.3, 0.4) is 0 Å². The minimum atomic E-state index is 0.185. The number of fused-ring (bicyclic) bond motifs is 1. The van der Waals surface area contributed by atoms with Crippen molar-refractivity contribution >= 4 is 0 Å². The van der Waals surface area contributed by atoms with Crippen LogP contribution in [0.5, 0.6) is 0 Å². The molecule has 0 heterocycles. The number of hydrogen-bond acceptors (Lipinski definition) is 1. The number of rotatable bonds is 1. The molecule has 0 fully saturated rings. The van der Waals surface area contributed by atoms with E-state index in [1.807, 2.05) is 0 Å². The highest BCUT2D eigenvalue weighted by molar-refractivity contribution is 5.36. The lowest BCUT2D eigenvalue weighted by atomic mass is 9.78. The van der Waals surface area contributed by atoms with Crippen molar-refractivity contribution in [1.29, 1.82) is 0 Å². The fraction of sp³-hybridized carbons (Fsp3) is 0.250. The van der Waals surface area contributed by atoms with Crippen LogP contribution in [0, 0.1) is 0 Å². The van der Waals surface area contributed by atoms with Crippen molar-refractivity contribution in [2.45, 2.75) is 24.8 Å². The molecule has 0 unspecified atom stereocenters. The average molecular weight is 223 g/mol. The molecule has 0 radical (unpaired) electrons. The predicted molar refractivity (Wildman–Crippen MR) is 70.9 cm³/mol. The van der Waals surface area contributed by atoms with Crippen LogP contribution in [0.4, 0.5) is 0 Å². The maximum absolute atomic E-state index is 6.27. The summed E-state index contributed by atoms with van der Waals surface area (Å²) in [5.41, 5.74) is 10.4. The van der Waals surface area contributed by atoms with E-state index in [1.54, 1.807) is 0 Å². The van der Waals surface area contributed by atoms with Crippen molar-refractivity contribution in [3.05, 3.63) is 71.3 Å². The summed E-state index contributed by atoms with van der Waals surface area (Å²) >= 11 is 0. The first-order valence-corrected chi connectivity index (χ1v) is 6.23. The maximum atomic E-state index is 6.27. The normalized spacial score (nSPS) is 23.1. The van der Waals surface area contributed by atoms with Crippen LogP contribution in [0.2, 0.25) is 0 Å². The first-order chi connectivity index (χ1) is 8.34. The molecule has 0 aromatic heterocycles. The summed E-state index contributed by atoms with van der Waals surface area (Å²) in [7, 11) is 0. The second-order valence-corrected chi connectivity index (χ2v) is 4.85. The summed E-state index contributed by atoms with van der Waals surface area (Å²) < 4.78 is 0. The topological polar surface area (TPSA) is 26.0 Å². The molecule has 2 atom stereocenters. The third kappa shape index (κ3) is 1.98. The number of nitrogens with two attached hydrogens (primary N) is 1. The molecule has 2 N–H and O–H groups in total. The Morgan fingerprint density at radius 1 is 0.882 bits per heavy atom. The van der Waals surface area contributed by atoms with Gasteiger partial charge in [-0.1, -0.05) is 54.6 Å². The Hall–Kier alpha value is -1.60. The molecule has 0 saturated carbocycles. The van der Waals surface area contributed by atoms with Crippen LogP contribution in [-0.4, -0.2) is 0 Å². The lowest BCUT2D eigenvalue weighted by Crippen LogP contribution is -2.22. The van der Waals surface area contributed by atoms with Gasteiger partial charge in [-0.2, -0.15) is 0 Å². The minimum Gasteiger partial charge on any atom is -0.324 e. The number of benzene rings is 2. The van der Waals surface area contributed by atoms with Crippen LogP contribution >= 0.6 is 0 Å². The molecule has 1 heteroatoms. The van der Waals surface area contributed by atoms with E-state index in [1.165, 1.54) is 16.7 Å². The standard InChI is InChI=1S/C16H17N/c17-16-11-14(12-6-2-1-3-7-12)10-13-8-4-5-9-15(13)16/h1-9,14,16H,10-11,17H2/t14-,16+/m1/s1. The van der Waals surface area contributed by atoms with Gasteiger partial charge in [-0.05, 0) is 35.4 Å². The van der Waals surface area contributed by atoms with Crippen LogP contribution in [0.15, 0.2) is 54.6 Å². The molecular formula is C16H17N. The zero-order valence-electron chi connectivity index (χ0n) is 9.84. The van der Waals surface area contributed by atoms with Crippen molar-refractivity contribution in [3.8, 4) is 0 Å². The second-order valence-electron chi connectivity index (χ2n) is 4.85. The molecule has 17 heavy (non-hydrogen) atoms. The fourth-order valence-corrected chi connectivity index (χ4v) is 2.84. The summed E-state index contributed by atoms with van der Waals surface area (Å²) in [4.78, 5) is 0. The van der Waals surface area contributed by atoms with E-state index in [4.69, 9.17) is 5.73 Å². The summed E-state index contributed by atoms with van der Waals surface area (Å²) in [5.74, 6) is 0.570. The van der Waals surface area contributed by atoms with Crippen molar-refractivity contribution in [2.24, 2.45) is 5.73 Å². The van der Waals surface area contributed by atoms with Gasteiger partial charge < -0.3 is 5.73 Å². The average Bonchev–Trinajstić information content (AvgIpc) is 2.40. The highest BCUT2D eigenvalue weighted by atomic mass is 14.6. The Morgan fingerprint density at radius 3 is 2.41 bits per heavy atom. The molecule has 0 spiro atoms. The molecule has 2 aromatic rings. The van der Waals surface area contributed by atoms with Crippen LogP contribution in [-0.2, 0) is 6.42 Å². The van der Waals surface area contributed by atoms with Crippen LogP contribution in [0.1, 0.15) is 35.1 Å². The van der Waals surface area contributed by atoms with Crippen LogP contribution < -0.4 is 5.73 Å². The Labute approximate surface area is 102 Å². The molecule has 0 aliphatic heterocycles. The van der Waals surface area contributed by atoms with E-state index < -0.39 is 0 Å². The van der Waals surface area contributed by atoms with Gasteiger partial charge in [-0.3, -0.25) is 0 Å². The molecule has 86 valence electrons. The van der Waals surface area contributed by atoms with Gasteiger partial charge in [-0.25, -0.2) is 0 Å². The summed E-state index contributed by atoms with van der Waals surface area (Å²) in [6.45, 7) is 0. The first kappa shape index (κ1) is 10.5. The third-order valence-electron chi connectivity index (χ3n) is 3.73. The van der Waals surface area contributed by atoms with Crippen molar-refractivity contribution in [1.82, 2.24) is 0 Å². The minimum absolute atomic E-state index is 0.185. The van der Waals surface area contributed by atoms with Gasteiger partial charge in [0.05, 0.1) is 0 Å². The van der Waals surface area contributed by atoms with E-state index in [-0.39, 0.29) is 6.04 Å².